The van der Waals surface area contributed by atoms with Crippen LogP contribution < -0.4 is 0 Å². The first-order chi connectivity index (χ1) is 15.0. The van der Waals surface area contributed by atoms with Crippen molar-refractivity contribution in [2.75, 3.05) is 0 Å². The minimum Gasteiger partial charge on any atom is -0.481 e. The van der Waals surface area contributed by atoms with E-state index in [-0.39, 0.29) is 6.42 Å². The van der Waals surface area contributed by atoms with Gasteiger partial charge in [0.15, 0.2) is 0 Å². The summed E-state index contributed by atoms with van der Waals surface area (Å²) in [6.45, 7) is 4.66. The van der Waals surface area contributed by atoms with Gasteiger partial charge in [0, 0.05) is 6.42 Å². The fourth-order valence-electron chi connectivity index (χ4n) is 4.37. The largest absolute Gasteiger partial charge is 0.481 e. The van der Waals surface area contributed by atoms with Crippen molar-refractivity contribution in [1.29, 1.82) is 0 Å². The molecule has 0 radical (unpaired) electrons. The quantitative estimate of drug-likeness (QED) is 0.139. The number of carboxylic acids is 1. The van der Waals surface area contributed by atoms with Gasteiger partial charge >= 0.3 is 5.97 Å². The molecule has 0 spiro atoms. The van der Waals surface area contributed by atoms with Crippen LogP contribution in [0.4, 0.5) is 0 Å². The second-order valence-electron chi connectivity index (χ2n) is 10.3. The Hall–Kier alpha value is -0.570. The van der Waals surface area contributed by atoms with Crippen LogP contribution in [0.1, 0.15) is 162 Å². The van der Waals surface area contributed by atoms with E-state index in [0.29, 0.717) is 6.42 Å². The highest BCUT2D eigenvalue weighted by molar-refractivity contribution is 5.66. The van der Waals surface area contributed by atoms with Crippen molar-refractivity contribution < 1.29 is 15.0 Å². The van der Waals surface area contributed by atoms with Gasteiger partial charge in [-0.05, 0) is 18.8 Å². The van der Waals surface area contributed by atoms with Crippen LogP contribution in [0.25, 0.3) is 0 Å². The molecule has 3 nitrogen and oxygen atoms in total. The van der Waals surface area contributed by atoms with E-state index in [1.165, 1.54) is 122 Å². The molecule has 0 heterocycles. The van der Waals surface area contributed by atoms with Gasteiger partial charge in [-0.2, -0.15) is 0 Å². The van der Waals surface area contributed by atoms with E-state index in [2.05, 4.69) is 13.8 Å². The standard InChI is InChI=1S/C28H56O3/c1-26(2)22-20-18-16-14-12-10-8-6-4-3-5-7-9-11-13-15-17-19-21-23-27(29)24-25-28(30)31/h26-27,29H,3-25H2,1-2H3,(H,30,31). The van der Waals surface area contributed by atoms with Gasteiger partial charge in [-0.15, -0.1) is 0 Å². The van der Waals surface area contributed by atoms with Crippen LogP contribution in [-0.2, 0) is 4.79 Å². The number of aliphatic hydroxyl groups is 1. The highest BCUT2D eigenvalue weighted by Crippen LogP contribution is 2.16. The molecule has 0 saturated carbocycles. The maximum Gasteiger partial charge on any atom is 0.303 e. The fourth-order valence-corrected chi connectivity index (χ4v) is 4.37. The van der Waals surface area contributed by atoms with Gasteiger partial charge in [0.25, 0.3) is 0 Å². The van der Waals surface area contributed by atoms with Crippen LogP contribution in [-0.4, -0.2) is 22.3 Å². The Kier molecular flexibility index (Phi) is 23.6. The second-order valence-corrected chi connectivity index (χ2v) is 10.3. The average molecular weight is 441 g/mol. The lowest BCUT2D eigenvalue weighted by Gasteiger charge is -2.08. The molecule has 0 aromatic heterocycles. The third-order valence-electron chi connectivity index (χ3n) is 6.51. The number of unbranched alkanes of at least 4 members (excludes halogenated alkanes) is 18. The Morgan fingerprint density at radius 3 is 1.10 bits per heavy atom. The summed E-state index contributed by atoms with van der Waals surface area (Å²) in [6.07, 6.45) is 28.3. The maximum atomic E-state index is 10.5. The Labute approximate surface area is 194 Å². The summed E-state index contributed by atoms with van der Waals surface area (Å²) in [7, 11) is 0. The summed E-state index contributed by atoms with van der Waals surface area (Å²) in [5.41, 5.74) is 0. The molecule has 0 aliphatic carbocycles. The molecule has 0 fully saturated rings. The van der Waals surface area contributed by atoms with Crippen LogP contribution in [0.15, 0.2) is 0 Å². The smallest absolute Gasteiger partial charge is 0.303 e. The summed E-state index contributed by atoms with van der Waals surface area (Å²) in [5.74, 6) is 0.0642. The molecule has 1 unspecified atom stereocenters. The number of aliphatic hydroxyl groups excluding tert-OH is 1. The Morgan fingerprint density at radius 2 is 0.806 bits per heavy atom. The molecule has 0 rings (SSSR count). The lowest BCUT2D eigenvalue weighted by molar-refractivity contribution is -0.137. The molecule has 0 aliphatic heterocycles. The van der Waals surface area contributed by atoms with E-state index in [4.69, 9.17) is 5.11 Å². The van der Waals surface area contributed by atoms with Gasteiger partial charge in [-0.1, -0.05) is 142 Å². The van der Waals surface area contributed by atoms with Crippen LogP contribution in [0.2, 0.25) is 0 Å². The van der Waals surface area contributed by atoms with E-state index in [1.54, 1.807) is 0 Å². The van der Waals surface area contributed by atoms with Gasteiger partial charge < -0.3 is 10.2 Å². The number of carboxylic acid groups (broad SMARTS) is 1. The van der Waals surface area contributed by atoms with Crippen LogP contribution >= 0.6 is 0 Å². The first-order valence-electron chi connectivity index (χ1n) is 13.9. The minimum atomic E-state index is -0.812. The van der Waals surface area contributed by atoms with Crippen LogP contribution in [0, 0.1) is 5.92 Å². The van der Waals surface area contributed by atoms with Crippen LogP contribution in [0.3, 0.4) is 0 Å². The number of hydrogen-bond donors (Lipinski definition) is 2. The molecule has 1 atom stereocenters. The summed E-state index contributed by atoms with van der Waals surface area (Å²) < 4.78 is 0. The average Bonchev–Trinajstić information content (AvgIpc) is 2.73. The predicted octanol–water partition coefficient (Wildman–Crippen LogP) is 9.06. The molecule has 0 aromatic rings. The van der Waals surface area contributed by atoms with Gasteiger partial charge in [-0.3, -0.25) is 4.79 Å². The number of carbonyl (C=O) groups is 1. The summed E-state index contributed by atoms with van der Waals surface area (Å²) in [4.78, 5) is 10.5. The Balaban J connectivity index is 3.09. The SMILES string of the molecule is CC(C)CCCCCCCCCCCCCCCCCCCCCC(O)CCC(=O)O. The first-order valence-corrected chi connectivity index (χ1v) is 13.9. The zero-order valence-electron chi connectivity index (χ0n) is 21.2. The fraction of sp³-hybridized carbons (Fsp3) is 0.964. The van der Waals surface area contributed by atoms with Crippen LogP contribution in [0.5, 0.6) is 0 Å². The second kappa shape index (κ2) is 24.1. The topological polar surface area (TPSA) is 57.5 Å². The number of aliphatic carboxylic acids is 1. The van der Waals surface area contributed by atoms with Crippen molar-refractivity contribution in [2.24, 2.45) is 5.92 Å². The van der Waals surface area contributed by atoms with E-state index >= 15 is 0 Å². The van der Waals surface area contributed by atoms with E-state index in [9.17, 15) is 9.90 Å². The number of hydrogen-bond acceptors (Lipinski definition) is 2. The first kappa shape index (κ1) is 30.4. The molecular weight excluding hydrogens is 384 g/mol. The molecule has 0 saturated heterocycles. The predicted molar refractivity (Wildman–Crippen MR) is 135 cm³/mol. The molecule has 3 heteroatoms. The Morgan fingerprint density at radius 1 is 0.516 bits per heavy atom. The molecule has 0 bridgehead atoms. The zero-order valence-corrected chi connectivity index (χ0v) is 21.2. The molecule has 0 aliphatic rings. The molecular formula is C28H56O3. The molecule has 0 amide bonds. The monoisotopic (exact) mass is 440 g/mol. The summed E-state index contributed by atoms with van der Waals surface area (Å²) >= 11 is 0. The minimum absolute atomic E-state index is 0.0833. The normalized spacial score (nSPS) is 12.5. The van der Waals surface area contributed by atoms with E-state index < -0.39 is 12.1 Å². The zero-order chi connectivity index (χ0) is 23.0. The Bertz CT molecular complexity index is 367. The van der Waals surface area contributed by atoms with Crippen molar-refractivity contribution in [3.63, 3.8) is 0 Å². The molecule has 186 valence electrons. The van der Waals surface area contributed by atoms with Crippen molar-refractivity contribution in [3.05, 3.63) is 0 Å². The van der Waals surface area contributed by atoms with Gasteiger partial charge in [0.1, 0.15) is 0 Å². The third-order valence-corrected chi connectivity index (χ3v) is 6.51. The lowest BCUT2D eigenvalue weighted by Crippen LogP contribution is -2.09. The van der Waals surface area contributed by atoms with Crippen molar-refractivity contribution in [3.8, 4) is 0 Å². The summed E-state index contributed by atoms with van der Waals surface area (Å²) in [6, 6.07) is 0. The van der Waals surface area contributed by atoms with Gasteiger partial charge in [0.05, 0.1) is 6.10 Å². The highest BCUT2D eigenvalue weighted by Gasteiger charge is 2.06. The maximum absolute atomic E-state index is 10.5. The summed E-state index contributed by atoms with van der Waals surface area (Å²) in [5, 5.41) is 18.3. The van der Waals surface area contributed by atoms with Crippen molar-refractivity contribution >= 4 is 5.97 Å². The molecule has 2 N–H and O–H groups in total. The lowest BCUT2D eigenvalue weighted by atomic mass is 10.0. The number of rotatable bonds is 25. The molecule has 0 aromatic carbocycles. The van der Waals surface area contributed by atoms with Gasteiger partial charge in [0.2, 0.25) is 0 Å². The highest BCUT2D eigenvalue weighted by atomic mass is 16.4. The third kappa shape index (κ3) is 27.4. The van der Waals surface area contributed by atoms with Crippen molar-refractivity contribution in [2.45, 2.75) is 168 Å². The molecule has 31 heavy (non-hydrogen) atoms. The van der Waals surface area contributed by atoms with Crippen molar-refractivity contribution in [1.82, 2.24) is 0 Å². The van der Waals surface area contributed by atoms with E-state index in [0.717, 1.165) is 18.8 Å². The van der Waals surface area contributed by atoms with E-state index in [1.807, 2.05) is 0 Å². The van der Waals surface area contributed by atoms with Gasteiger partial charge in [-0.25, -0.2) is 0 Å².